The maximum Gasteiger partial charge on any atom is 0.253 e. The number of aromatic amines is 1. The molecule has 1 aromatic carbocycles. The first-order valence-corrected chi connectivity index (χ1v) is 12.0. The Kier molecular flexibility index (Phi) is 7.89. The molecule has 0 saturated heterocycles. The van der Waals surface area contributed by atoms with Crippen LogP contribution in [0.15, 0.2) is 27.9 Å². The first-order chi connectivity index (χ1) is 14.7. The summed E-state index contributed by atoms with van der Waals surface area (Å²) in [5.74, 6) is -0.211. The van der Waals surface area contributed by atoms with Gasteiger partial charge in [0, 0.05) is 44.6 Å². The van der Waals surface area contributed by atoms with Crippen LogP contribution >= 0.6 is 23.4 Å². The zero-order valence-electron chi connectivity index (χ0n) is 19.0. The molecule has 0 unspecified atom stereocenters. The normalized spacial score (nSPS) is 18.9. The van der Waals surface area contributed by atoms with E-state index in [1.54, 1.807) is 6.07 Å². The van der Waals surface area contributed by atoms with Crippen LogP contribution in [0.2, 0.25) is 5.02 Å². The second-order valence-electron chi connectivity index (χ2n) is 8.71. The molecule has 0 atom stereocenters. The van der Waals surface area contributed by atoms with Gasteiger partial charge in [0.2, 0.25) is 0 Å². The van der Waals surface area contributed by atoms with E-state index in [2.05, 4.69) is 29.3 Å². The lowest BCUT2D eigenvalue weighted by atomic mass is 9.94. The molecule has 0 radical (unpaired) electrons. The molecule has 3 rings (SSSR count). The Labute approximate surface area is 194 Å². The fourth-order valence-electron chi connectivity index (χ4n) is 4.24. The van der Waals surface area contributed by atoms with Crippen molar-refractivity contribution in [3.8, 4) is 0 Å². The third-order valence-corrected chi connectivity index (χ3v) is 7.86. The number of amides is 1. The van der Waals surface area contributed by atoms with Crippen molar-refractivity contribution in [1.29, 1.82) is 0 Å². The summed E-state index contributed by atoms with van der Waals surface area (Å²) in [6, 6.07) is 6.25. The van der Waals surface area contributed by atoms with Gasteiger partial charge in [0.15, 0.2) is 0 Å². The number of carbonyl (C=O) groups excluding carboxylic acids is 1. The number of carbonyl (C=O) groups is 1. The number of aryl methyl sites for hydroxylation is 2. The Morgan fingerprint density at radius 2 is 1.84 bits per heavy atom. The van der Waals surface area contributed by atoms with Crippen molar-refractivity contribution >= 4 is 29.3 Å². The van der Waals surface area contributed by atoms with E-state index in [-0.39, 0.29) is 18.0 Å². The molecule has 1 heterocycles. The lowest BCUT2D eigenvalue weighted by Crippen LogP contribution is -2.32. The van der Waals surface area contributed by atoms with E-state index in [1.807, 2.05) is 44.7 Å². The van der Waals surface area contributed by atoms with Gasteiger partial charge in [0.05, 0.1) is 0 Å². The number of hydrogen-bond donors (Lipinski definition) is 2. The maximum atomic E-state index is 12.9. The van der Waals surface area contributed by atoms with Gasteiger partial charge in [-0.25, -0.2) is 0 Å². The van der Waals surface area contributed by atoms with Crippen molar-refractivity contribution in [2.24, 2.45) is 0 Å². The molecule has 31 heavy (non-hydrogen) atoms. The van der Waals surface area contributed by atoms with Crippen LogP contribution in [0.3, 0.4) is 0 Å². The number of nitrogens with zero attached hydrogens (tertiary/aromatic N) is 1. The molecular weight excluding hydrogens is 430 g/mol. The average molecular weight is 462 g/mol. The number of aromatic nitrogens is 1. The fourth-order valence-corrected chi connectivity index (χ4v) is 5.87. The van der Waals surface area contributed by atoms with Crippen LogP contribution in [0.5, 0.6) is 0 Å². The van der Waals surface area contributed by atoms with Crippen molar-refractivity contribution in [3.05, 3.63) is 61.5 Å². The second-order valence-corrected chi connectivity index (χ2v) is 10.5. The van der Waals surface area contributed by atoms with E-state index in [4.69, 9.17) is 11.6 Å². The van der Waals surface area contributed by atoms with Crippen molar-refractivity contribution in [3.63, 3.8) is 0 Å². The molecule has 1 aliphatic rings. The molecule has 1 fully saturated rings. The molecule has 168 valence electrons. The topological polar surface area (TPSA) is 65.2 Å². The van der Waals surface area contributed by atoms with Crippen LogP contribution < -0.4 is 10.9 Å². The summed E-state index contributed by atoms with van der Waals surface area (Å²) in [6.07, 6.45) is 4.72. The lowest BCUT2D eigenvalue weighted by Gasteiger charge is -2.32. The van der Waals surface area contributed by atoms with Gasteiger partial charge in [-0.3, -0.25) is 9.59 Å². The smallest absolute Gasteiger partial charge is 0.253 e. The van der Waals surface area contributed by atoms with Crippen molar-refractivity contribution in [1.82, 2.24) is 15.2 Å². The molecular formula is C24H32ClN3O2S. The third kappa shape index (κ3) is 5.93. The summed E-state index contributed by atoms with van der Waals surface area (Å²) in [6.45, 7) is 5.89. The Morgan fingerprint density at radius 3 is 2.45 bits per heavy atom. The molecule has 2 N–H and O–H groups in total. The van der Waals surface area contributed by atoms with Gasteiger partial charge in [0.25, 0.3) is 11.5 Å². The minimum atomic E-state index is -0.211. The van der Waals surface area contributed by atoms with Gasteiger partial charge in [-0.15, -0.1) is 11.8 Å². The summed E-state index contributed by atoms with van der Waals surface area (Å²) in [5.41, 5.74) is 3.60. The standard InChI is InChI=1S/C24H32ClN3O2S/c1-14-10-15(2)27-24(30)21(14)13-26-23(29)20-11-17(25)12-22(16(20)3)31-19-8-6-18(7-9-19)28(4)5/h10-12,18-19H,6-9,13H2,1-5H3,(H,26,29)(H,27,30). The van der Waals surface area contributed by atoms with Gasteiger partial charge in [-0.1, -0.05) is 11.6 Å². The maximum absolute atomic E-state index is 12.9. The van der Waals surface area contributed by atoms with E-state index in [0.29, 0.717) is 27.4 Å². The van der Waals surface area contributed by atoms with Crippen LogP contribution in [-0.2, 0) is 6.54 Å². The monoisotopic (exact) mass is 461 g/mol. The highest BCUT2D eigenvalue weighted by Crippen LogP contribution is 2.38. The summed E-state index contributed by atoms with van der Waals surface area (Å²) < 4.78 is 0. The third-order valence-electron chi connectivity index (χ3n) is 6.16. The summed E-state index contributed by atoms with van der Waals surface area (Å²) in [4.78, 5) is 31.4. The van der Waals surface area contributed by atoms with Crippen LogP contribution in [0.25, 0.3) is 0 Å². The number of pyridine rings is 1. The van der Waals surface area contributed by atoms with Gasteiger partial charge in [-0.05, 0) is 89.9 Å². The number of rotatable bonds is 6. The fraction of sp³-hybridized carbons (Fsp3) is 0.500. The highest BCUT2D eigenvalue weighted by molar-refractivity contribution is 8.00. The number of H-pyrrole nitrogens is 1. The van der Waals surface area contributed by atoms with Crippen molar-refractivity contribution in [2.45, 2.75) is 69.2 Å². The molecule has 2 aromatic rings. The first-order valence-electron chi connectivity index (χ1n) is 10.8. The zero-order chi connectivity index (χ0) is 22.7. The van der Waals surface area contributed by atoms with Gasteiger partial charge < -0.3 is 15.2 Å². The van der Waals surface area contributed by atoms with Crippen molar-refractivity contribution < 1.29 is 4.79 Å². The summed E-state index contributed by atoms with van der Waals surface area (Å²) >= 11 is 8.21. The first kappa shape index (κ1) is 23.9. The van der Waals surface area contributed by atoms with E-state index < -0.39 is 0 Å². The number of hydrogen-bond acceptors (Lipinski definition) is 4. The highest BCUT2D eigenvalue weighted by atomic mass is 35.5. The van der Waals surface area contributed by atoms with E-state index in [9.17, 15) is 9.59 Å². The Morgan fingerprint density at radius 1 is 1.16 bits per heavy atom. The lowest BCUT2D eigenvalue weighted by molar-refractivity contribution is 0.0950. The largest absolute Gasteiger partial charge is 0.348 e. The molecule has 5 nitrogen and oxygen atoms in total. The molecule has 1 saturated carbocycles. The summed E-state index contributed by atoms with van der Waals surface area (Å²) in [5, 5.41) is 4.00. The van der Waals surface area contributed by atoms with Gasteiger partial charge in [-0.2, -0.15) is 0 Å². The predicted molar refractivity (Wildman–Crippen MR) is 129 cm³/mol. The number of thioether (sulfide) groups is 1. The average Bonchev–Trinajstić information content (AvgIpc) is 2.69. The van der Waals surface area contributed by atoms with E-state index >= 15 is 0 Å². The van der Waals surface area contributed by atoms with E-state index in [0.717, 1.165) is 34.6 Å². The number of benzene rings is 1. The van der Waals surface area contributed by atoms with E-state index in [1.165, 1.54) is 12.8 Å². The Balaban J connectivity index is 1.71. The second kappa shape index (κ2) is 10.2. The molecule has 1 amide bonds. The van der Waals surface area contributed by atoms with Crippen molar-refractivity contribution in [2.75, 3.05) is 14.1 Å². The molecule has 1 aromatic heterocycles. The van der Waals surface area contributed by atoms with Gasteiger partial charge in [0.1, 0.15) is 0 Å². The minimum Gasteiger partial charge on any atom is -0.348 e. The Bertz CT molecular complexity index is 1010. The number of nitrogens with one attached hydrogen (secondary N) is 2. The Hall–Kier alpha value is -1.76. The summed E-state index contributed by atoms with van der Waals surface area (Å²) in [7, 11) is 4.30. The molecule has 7 heteroatoms. The van der Waals surface area contributed by atoms with Crippen LogP contribution in [0.1, 0.15) is 58.4 Å². The van der Waals surface area contributed by atoms with Crippen LogP contribution in [0, 0.1) is 20.8 Å². The van der Waals surface area contributed by atoms with Gasteiger partial charge >= 0.3 is 0 Å². The molecule has 0 bridgehead atoms. The molecule has 0 aliphatic heterocycles. The highest BCUT2D eigenvalue weighted by Gasteiger charge is 2.24. The predicted octanol–water partition coefficient (Wildman–Crippen LogP) is 4.85. The van der Waals surface area contributed by atoms with Crippen LogP contribution in [-0.4, -0.2) is 41.2 Å². The SMILES string of the molecule is Cc1cc(C)c(CNC(=O)c2cc(Cl)cc(SC3CCC(N(C)C)CC3)c2C)c(=O)[nH]1. The molecule has 0 spiro atoms. The number of halogens is 1. The quantitative estimate of drug-likeness (QED) is 0.645. The minimum absolute atomic E-state index is 0.162. The zero-order valence-corrected chi connectivity index (χ0v) is 20.5. The van der Waals surface area contributed by atoms with Crippen LogP contribution in [0.4, 0.5) is 0 Å². The molecule has 1 aliphatic carbocycles.